The summed E-state index contributed by atoms with van der Waals surface area (Å²) in [6.45, 7) is -0.253. The number of hydrogen-bond donors (Lipinski definition) is 2. The zero-order valence-corrected chi connectivity index (χ0v) is 15.2. The van der Waals surface area contributed by atoms with E-state index in [9.17, 15) is 17.6 Å². The molecule has 1 heterocycles. The summed E-state index contributed by atoms with van der Waals surface area (Å²) in [7, 11) is -0.844. The van der Waals surface area contributed by atoms with Gasteiger partial charge in [0.1, 0.15) is 5.82 Å². The molecule has 0 saturated carbocycles. The van der Waals surface area contributed by atoms with Gasteiger partial charge >= 0.3 is 0 Å². The summed E-state index contributed by atoms with van der Waals surface area (Å²) in [5, 5.41) is 2.47. The molecule has 1 aliphatic rings. The third-order valence-corrected chi connectivity index (χ3v) is 5.03. The minimum atomic E-state index is -3.69. The molecule has 2 rings (SSSR count). The number of amides is 1. The normalized spacial score (nSPS) is 22.5. The van der Waals surface area contributed by atoms with Crippen molar-refractivity contribution in [3.8, 4) is 0 Å². The van der Waals surface area contributed by atoms with E-state index in [-0.39, 0.29) is 24.4 Å². The lowest BCUT2D eigenvalue weighted by Crippen LogP contribution is -2.46. The van der Waals surface area contributed by atoms with Crippen LogP contribution in [0.25, 0.3) is 0 Å². The lowest BCUT2D eigenvalue weighted by Gasteiger charge is -2.27. The first-order valence-electron chi connectivity index (χ1n) is 7.75. The summed E-state index contributed by atoms with van der Waals surface area (Å²) < 4.78 is 55.1. The van der Waals surface area contributed by atoms with E-state index >= 15 is 0 Å². The average Bonchev–Trinajstić information content (AvgIpc) is 3.05. The largest absolute Gasteiger partial charge is 0.352 e. The summed E-state index contributed by atoms with van der Waals surface area (Å²) in [5.41, 5.74) is 0.241. The molecular weight excluding hydrogens is 367 g/mol. The van der Waals surface area contributed by atoms with E-state index in [2.05, 4.69) is 10.0 Å². The van der Waals surface area contributed by atoms with Gasteiger partial charge in [0.05, 0.1) is 12.3 Å². The molecule has 0 unspecified atom stereocenters. The number of halogens is 1. The highest BCUT2D eigenvalue weighted by atomic mass is 32.2. The Morgan fingerprint density at radius 3 is 2.58 bits per heavy atom. The van der Waals surface area contributed by atoms with Crippen LogP contribution in [0.15, 0.2) is 36.4 Å². The van der Waals surface area contributed by atoms with Crippen molar-refractivity contribution in [2.75, 3.05) is 33.1 Å². The molecule has 0 aromatic heterocycles. The number of sulfonamides is 1. The molecule has 144 valence electrons. The molecule has 2 N–H and O–H groups in total. The van der Waals surface area contributed by atoms with Gasteiger partial charge < -0.3 is 19.5 Å². The van der Waals surface area contributed by atoms with Gasteiger partial charge in [-0.1, -0.05) is 0 Å². The molecule has 1 amide bonds. The summed E-state index contributed by atoms with van der Waals surface area (Å²) in [5.74, 6) is -2.53. The highest BCUT2D eigenvalue weighted by Crippen LogP contribution is 2.24. The van der Waals surface area contributed by atoms with Gasteiger partial charge in [-0.05, 0) is 36.4 Å². The first-order valence-corrected chi connectivity index (χ1v) is 9.41. The van der Waals surface area contributed by atoms with Gasteiger partial charge in [-0.25, -0.2) is 17.5 Å². The number of benzene rings is 1. The van der Waals surface area contributed by atoms with Crippen LogP contribution in [0.4, 0.5) is 4.39 Å². The van der Waals surface area contributed by atoms with Crippen molar-refractivity contribution in [2.45, 2.75) is 12.1 Å². The van der Waals surface area contributed by atoms with E-state index in [1.807, 2.05) is 0 Å². The molecule has 0 bridgehead atoms. The highest BCUT2D eigenvalue weighted by molar-refractivity contribution is 7.89. The highest BCUT2D eigenvalue weighted by Gasteiger charge is 2.36. The Bertz CT molecular complexity index is 753. The Balaban J connectivity index is 1.80. The predicted octanol–water partition coefficient (Wildman–Crippen LogP) is 0.377. The Labute approximate surface area is 151 Å². The molecule has 1 aromatic rings. The van der Waals surface area contributed by atoms with E-state index in [0.29, 0.717) is 0 Å². The molecule has 26 heavy (non-hydrogen) atoms. The van der Waals surface area contributed by atoms with Gasteiger partial charge in [-0.2, -0.15) is 0 Å². The fourth-order valence-corrected chi connectivity index (χ4v) is 3.14. The molecule has 1 aliphatic heterocycles. The predicted molar refractivity (Wildman–Crippen MR) is 91.3 cm³/mol. The fraction of sp³-hybridized carbons (Fsp3) is 0.438. The van der Waals surface area contributed by atoms with E-state index < -0.39 is 33.8 Å². The van der Waals surface area contributed by atoms with Gasteiger partial charge in [0.25, 0.3) is 5.91 Å². The van der Waals surface area contributed by atoms with Crippen molar-refractivity contribution in [3.63, 3.8) is 0 Å². The zero-order chi connectivity index (χ0) is 19.2. The second kappa shape index (κ2) is 8.69. The molecule has 10 heteroatoms. The standard InChI is InChI=1S/C16H21FN2O6S/c1-23-14-7-8-16(24-2,25-14)11-19-26(21,22)10-9-18-15(20)12-3-5-13(17)6-4-12/h3-8,14,19H,9-11H2,1-2H3,(H,18,20)/t14-,16+/m1/s1. The van der Waals surface area contributed by atoms with Crippen LogP contribution in [0.3, 0.4) is 0 Å². The lowest BCUT2D eigenvalue weighted by atomic mass is 10.2. The molecule has 0 aliphatic carbocycles. The summed E-state index contributed by atoms with van der Waals surface area (Å²) in [6.07, 6.45) is 2.57. The second-order valence-electron chi connectivity index (χ2n) is 5.50. The number of ether oxygens (including phenoxy) is 3. The first-order chi connectivity index (χ1) is 12.3. The van der Waals surface area contributed by atoms with Crippen LogP contribution < -0.4 is 10.0 Å². The first kappa shape index (κ1) is 20.5. The van der Waals surface area contributed by atoms with Crippen molar-refractivity contribution in [3.05, 3.63) is 47.8 Å². The van der Waals surface area contributed by atoms with Crippen LogP contribution >= 0.6 is 0 Å². The molecule has 0 fully saturated rings. The molecule has 1 aromatic carbocycles. The van der Waals surface area contributed by atoms with Crippen molar-refractivity contribution in [1.29, 1.82) is 0 Å². The molecule has 0 spiro atoms. The van der Waals surface area contributed by atoms with Gasteiger partial charge in [0.15, 0.2) is 6.29 Å². The third kappa shape index (κ3) is 5.58. The van der Waals surface area contributed by atoms with E-state index in [1.54, 1.807) is 12.2 Å². The molecule has 2 atom stereocenters. The van der Waals surface area contributed by atoms with Crippen molar-refractivity contribution >= 4 is 15.9 Å². The Hall–Kier alpha value is -1.85. The molecule has 0 radical (unpaired) electrons. The van der Waals surface area contributed by atoms with Crippen LogP contribution in [-0.4, -0.2) is 59.5 Å². The van der Waals surface area contributed by atoms with Crippen molar-refractivity contribution in [2.24, 2.45) is 0 Å². The van der Waals surface area contributed by atoms with Crippen molar-refractivity contribution < 1.29 is 31.8 Å². The van der Waals surface area contributed by atoms with Gasteiger partial charge in [0.2, 0.25) is 15.8 Å². The topological polar surface area (TPSA) is 103 Å². The lowest BCUT2D eigenvalue weighted by molar-refractivity contribution is -0.237. The Morgan fingerprint density at radius 1 is 1.31 bits per heavy atom. The minimum Gasteiger partial charge on any atom is -0.352 e. The Kier molecular flexibility index (Phi) is 6.84. The third-order valence-electron chi connectivity index (χ3n) is 3.70. The summed E-state index contributed by atoms with van der Waals surface area (Å²) >= 11 is 0. The summed E-state index contributed by atoms with van der Waals surface area (Å²) in [6, 6.07) is 4.94. The molecular formula is C16H21FN2O6S. The van der Waals surface area contributed by atoms with Gasteiger partial charge in [0, 0.05) is 26.3 Å². The van der Waals surface area contributed by atoms with Crippen LogP contribution in [0.1, 0.15) is 10.4 Å². The molecule has 8 nitrogen and oxygen atoms in total. The van der Waals surface area contributed by atoms with Crippen LogP contribution in [0.5, 0.6) is 0 Å². The van der Waals surface area contributed by atoms with E-state index in [4.69, 9.17) is 14.2 Å². The van der Waals surface area contributed by atoms with Gasteiger partial charge in [-0.3, -0.25) is 4.79 Å². The number of methoxy groups -OCH3 is 2. The number of nitrogens with one attached hydrogen (secondary N) is 2. The van der Waals surface area contributed by atoms with Crippen LogP contribution in [-0.2, 0) is 24.2 Å². The molecule has 0 saturated heterocycles. The van der Waals surface area contributed by atoms with Crippen molar-refractivity contribution in [1.82, 2.24) is 10.0 Å². The minimum absolute atomic E-state index is 0.108. The monoisotopic (exact) mass is 388 g/mol. The maximum atomic E-state index is 12.8. The summed E-state index contributed by atoms with van der Waals surface area (Å²) in [4.78, 5) is 11.9. The SMILES string of the molecule is CO[C@H]1C=C[C@](CNS(=O)(=O)CCNC(=O)c2ccc(F)cc2)(OC)O1. The maximum Gasteiger partial charge on any atom is 0.251 e. The number of hydrogen-bond acceptors (Lipinski definition) is 6. The fourth-order valence-electron chi connectivity index (χ4n) is 2.20. The number of carbonyl (C=O) groups is 1. The van der Waals surface area contributed by atoms with Gasteiger partial charge in [-0.15, -0.1) is 0 Å². The van der Waals surface area contributed by atoms with E-state index in [1.165, 1.54) is 26.4 Å². The number of carbonyl (C=O) groups excluding carboxylic acids is 1. The number of rotatable bonds is 9. The second-order valence-corrected chi connectivity index (χ2v) is 7.43. The maximum absolute atomic E-state index is 12.8. The van der Waals surface area contributed by atoms with Crippen LogP contribution in [0, 0.1) is 5.82 Å². The quantitative estimate of drug-likeness (QED) is 0.593. The average molecular weight is 388 g/mol. The van der Waals surface area contributed by atoms with Crippen LogP contribution in [0.2, 0.25) is 0 Å². The zero-order valence-electron chi connectivity index (χ0n) is 14.4. The van der Waals surface area contributed by atoms with E-state index in [0.717, 1.165) is 12.1 Å². The Morgan fingerprint density at radius 2 is 2.00 bits per heavy atom. The smallest absolute Gasteiger partial charge is 0.251 e.